The van der Waals surface area contributed by atoms with Gasteiger partial charge in [-0.15, -0.1) is 0 Å². The van der Waals surface area contributed by atoms with Crippen molar-refractivity contribution >= 4 is 5.91 Å². The molecule has 1 saturated carbocycles. The van der Waals surface area contributed by atoms with Gasteiger partial charge in [0.2, 0.25) is 5.91 Å². The van der Waals surface area contributed by atoms with Crippen LogP contribution in [0.4, 0.5) is 0 Å². The molecule has 0 radical (unpaired) electrons. The maximum absolute atomic E-state index is 12.3. The van der Waals surface area contributed by atoms with Crippen molar-refractivity contribution in [1.82, 2.24) is 5.32 Å². The Morgan fingerprint density at radius 1 is 1.40 bits per heavy atom. The van der Waals surface area contributed by atoms with Gasteiger partial charge in [0.1, 0.15) is 5.75 Å². The number of aryl methyl sites for hydroxylation is 1. The second kappa shape index (κ2) is 6.78. The molecule has 0 spiro atoms. The van der Waals surface area contributed by atoms with Crippen LogP contribution in [-0.2, 0) is 4.79 Å². The van der Waals surface area contributed by atoms with Crippen molar-refractivity contribution < 1.29 is 9.53 Å². The van der Waals surface area contributed by atoms with Crippen molar-refractivity contribution in [3.63, 3.8) is 0 Å². The largest absolute Gasteiger partial charge is 0.496 e. The summed E-state index contributed by atoms with van der Waals surface area (Å²) in [4.78, 5) is 12.3. The lowest BCUT2D eigenvalue weighted by atomic mass is 10.00. The smallest absolute Gasteiger partial charge is 0.223 e. The van der Waals surface area contributed by atoms with Gasteiger partial charge < -0.3 is 10.1 Å². The Morgan fingerprint density at radius 2 is 2.10 bits per heavy atom. The zero-order valence-corrected chi connectivity index (χ0v) is 12.7. The van der Waals surface area contributed by atoms with Crippen LogP contribution >= 0.6 is 0 Å². The summed E-state index contributed by atoms with van der Waals surface area (Å²) < 4.78 is 5.29. The van der Waals surface area contributed by atoms with Gasteiger partial charge in [-0.1, -0.05) is 31.9 Å². The van der Waals surface area contributed by atoms with Crippen LogP contribution in [0, 0.1) is 12.8 Å². The lowest BCUT2D eigenvalue weighted by Crippen LogP contribution is -2.32. The number of benzene rings is 1. The fraction of sp³-hybridized carbons (Fsp3) is 0.588. The highest BCUT2D eigenvalue weighted by Crippen LogP contribution is 2.28. The SMILES string of the molecule is CC[C@@H](NC(=O)C1CCCC1)c1ccc(OC)c(C)c1. The van der Waals surface area contributed by atoms with E-state index in [9.17, 15) is 4.79 Å². The van der Waals surface area contributed by atoms with Crippen molar-refractivity contribution in [1.29, 1.82) is 0 Å². The zero-order chi connectivity index (χ0) is 14.5. The standard InChI is InChI=1S/C17H25NO2/c1-4-15(18-17(19)13-7-5-6-8-13)14-9-10-16(20-3)12(2)11-14/h9-11,13,15H,4-8H2,1-3H3,(H,18,19)/t15-/m1/s1. The van der Waals surface area contributed by atoms with Gasteiger partial charge in [0.15, 0.2) is 0 Å². The highest BCUT2D eigenvalue weighted by atomic mass is 16.5. The number of hydrogen-bond acceptors (Lipinski definition) is 2. The van der Waals surface area contributed by atoms with Crippen LogP contribution in [0.1, 0.15) is 56.2 Å². The molecule has 2 rings (SSSR count). The van der Waals surface area contributed by atoms with E-state index >= 15 is 0 Å². The molecular weight excluding hydrogens is 250 g/mol. The first-order valence-corrected chi connectivity index (χ1v) is 7.60. The van der Waals surface area contributed by atoms with Crippen LogP contribution in [0.3, 0.4) is 0 Å². The van der Waals surface area contributed by atoms with Crippen LogP contribution < -0.4 is 10.1 Å². The van der Waals surface area contributed by atoms with E-state index in [1.54, 1.807) is 7.11 Å². The molecule has 1 aromatic carbocycles. The fourth-order valence-electron chi connectivity index (χ4n) is 3.02. The van der Waals surface area contributed by atoms with E-state index in [4.69, 9.17) is 4.74 Å². The van der Waals surface area contributed by atoms with E-state index < -0.39 is 0 Å². The fourth-order valence-corrected chi connectivity index (χ4v) is 3.02. The van der Waals surface area contributed by atoms with Gasteiger partial charge in [0.25, 0.3) is 0 Å². The minimum absolute atomic E-state index is 0.104. The summed E-state index contributed by atoms with van der Waals surface area (Å²) in [5.41, 5.74) is 2.27. The molecule has 1 amide bonds. The number of methoxy groups -OCH3 is 1. The van der Waals surface area contributed by atoms with Gasteiger partial charge in [-0.05, 0) is 43.4 Å². The number of carbonyl (C=O) groups excluding carboxylic acids is 1. The molecule has 0 aliphatic heterocycles. The molecule has 1 fully saturated rings. The molecule has 1 N–H and O–H groups in total. The number of rotatable bonds is 5. The third-order valence-corrected chi connectivity index (χ3v) is 4.27. The molecule has 1 atom stereocenters. The zero-order valence-electron chi connectivity index (χ0n) is 12.7. The Bertz CT molecular complexity index is 464. The highest BCUT2D eigenvalue weighted by molar-refractivity contribution is 5.79. The van der Waals surface area contributed by atoms with Gasteiger partial charge in [0, 0.05) is 5.92 Å². The average Bonchev–Trinajstić information content (AvgIpc) is 2.98. The van der Waals surface area contributed by atoms with Gasteiger partial charge >= 0.3 is 0 Å². The third kappa shape index (κ3) is 3.33. The summed E-state index contributed by atoms with van der Waals surface area (Å²) in [5, 5.41) is 3.21. The van der Waals surface area contributed by atoms with E-state index in [0.29, 0.717) is 0 Å². The first-order chi connectivity index (χ1) is 9.65. The highest BCUT2D eigenvalue weighted by Gasteiger charge is 2.24. The van der Waals surface area contributed by atoms with Crippen LogP contribution in [-0.4, -0.2) is 13.0 Å². The van der Waals surface area contributed by atoms with Crippen molar-refractivity contribution in [2.45, 2.75) is 52.0 Å². The van der Waals surface area contributed by atoms with Crippen LogP contribution in [0.25, 0.3) is 0 Å². The Hall–Kier alpha value is -1.51. The van der Waals surface area contributed by atoms with E-state index in [-0.39, 0.29) is 17.9 Å². The maximum atomic E-state index is 12.3. The maximum Gasteiger partial charge on any atom is 0.223 e. The van der Waals surface area contributed by atoms with E-state index in [0.717, 1.165) is 36.1 Å². The molecule has 0 heterocycles. The molecule has 1 aromatic rings. The average molecular weight is 275 g/mol. The third-order valence-electron chi connectivity index (χ3n) is 4.27. The summed E-state index contributed by atoms with van der Waals surface area (Å²) in [7, 11) is 1.68. The molecule has 1 aliphatic rings. The summed E-state index contributed by atoms with van der Waals surface area (Å²) in [6, 6.07) is 6.25. The number of amides is 1. The summed E-state index contributed by atoms with van der Waals surface area (Å²) in [6.07, 6.45) is 5.38. The van der Waals surface area contributed by atoms with Crippen molar-refractivity contribution in [3.8, 4) is 5.75 Å². The van der Waals surface area contributed by atoms with Crippen LogP contribution in [0.5, 0.6) is 5.75 Å². The van der Waals surface area contributed by atoms with Crippen molar-refractivity contribution in [3.05, 3.63) is 29.3 Å². The second-order valence-electron chi connectivity index (χ2n) is 5.68. The van der Waals surface area contributed by atoms with Gasteiger partial charge in [-0.25, -0.2) is 0 Å². The lowest BCUT2D eigenvalue weighted by Gasteiger charge is -2.21. The number of nitrogens with one attached hydrogen (secondary N) is 1. The van der Waals surface area contributed by atoms with Gasteiger partial charge in [-0.2, -0.15) is 0 Å². The van der Waals surface area contributed by atoms with E-state index in [1.807, 2.05) is 13.0 Å². The molecule has 20 heavy (non-hydrogen) atoms. The van der Waals surface area contributed by atoms with Gasteiger partial charge in [0.05, 0.1) is 13.2 Å². The van der Waals surface area contributed by atoms with Crippen LogP contribution in [0.2, 0.25) is 0 Å². The van der Waals surface area contributed by atoms with E-state index in [1.165, 1.54) is 12.8 Å². The first-order valence-electron chi connectivity index (χ1n) is 7.60. The van der Waals surface area contributed by atoms with Crippen LogP contribution in [0.15, 0.2) is 18.2 Å². The topological polar surface area (TPSA) is 38.3 Å². The molecule has 110 valence electrons. The van der Waals surface area contributed by atoms with Crippen molar-refractivity contribution in [2.75, 3.05) is 7.11 Å². The monoisotopic (exact) mass is 275 g/mol. The summed E-state index contributed by atoms with van der Waals surface area (Å²) in [6.45, 7) is 4.15. The summed E-state index contributed by atoms with van der Waals surface area (Å²) in [5.74, 6) is 1.34. The Morgan fingerprint density at radius 3 is 2.65 bits per heavy atom. The number of hydrogen-bond donors (Lipinski definition) is 1. The first kappa shape index (κ1) is 14.9. The second-order valence-corrected chi connectivity index (χ2v) is 5.68. The molecule has 0 saturated heterocycles. The predicted octanol–water partition coefficient (Wildman–Crippen LogP) is 3.76. The molecule has 0 bridgehead atoms. The Balaban J connectivity index is 2.07. The minimum Gasteiger partial charge on any atom is -0.496 e. The molecule has 3 heteroatoms. The van der Waals surface area contributed by atoms with E-state index in [2.05, 4.69) is 24.4 Å². The normalized spacial score (nSPS) is 16.9. The Kier molecular flexibility index (Phi) is 5.05. The lowest BCUT2D eigenvalue weighted by molar-refractivity contribution is -0.125. The van der Waals surface area contributed by atoms with Crippen molar-refractivity contribution in [2.24, 2.45) is 5.92 Å². The quantitative estimate of drug-likeness (QED) is 0.888. The molecule has 1 aliphatic carbocycles. The number of carbonyl (C=O) groups is 1. The van der Waals surface area contributed by atoms with Gasteiger partial charge in [-0.3, -0.25) is 4.79 Å². The molecule has 0 unspecified atom stereocenters. The minimum atomic E-state index is 0.104. The molecular formula is C17H25NO2. The molecule has 3 nitrogen and oxygen atoms in total. The molecule has 0 aromatic heterocycles. The Labute approximate surface area is 121 Å². The predicted molar refractivity (Wildman–Crippen MR) is 80.9 cm³/mol. The summed E-state index contributed by atoms with van der Waals surface area (Å²) >= 11 is 0. The number of ether oxygens (including phenoxy) is 1.